The van der Waals surface area contributed by atoms with E-state index in [1.54, 1.807) is 17.1 Å². The highest BCUT2D eigenvalue weighted by molar-refractivity contribution is 6.31. The second kappa shape index (κ2) is 8.65. The zero-order valence-corrected chi connectivity index (χ0v) is 19.5. The van der Waals surface area contributed by atoms with E-state index in [1.165, 1.54) is 11.2 Å². The molecule has 4 atom stereocenters. The third-order valence-electron chi connectivity index (χ3n) is 7.08. The summed E-state index contributed by atoms with van der Waals surface area (Å²) in [7, 11) is 0. The average Bonchev–Trinajstić information content (AvgIpc) is 2.98. The number of aliphatic hydroxyl groups is 1. The Morgan fingerprint density at radius 2 is 1.77 bits per heavy atom. The topological polar surface area (TPSA) is 64.1 Å². The first kappa shape index (κ1) is 23.8. The molecule has 0 bridgehead atoms. The lowest BCUT2D eigenvalue weighted by molar-refractivity contribution is -0.222. The van der Waals surface area contributed by atoms with Gasteiger partial charge in [0.15, 0.2) is 11.8 Å². The SMILES string of the molecule is C[C@@H](N1CN([C@H]2c3ccccc3CCc3c(Cl)cccc32)N2C=CC(=O)C(O)C2C1=O)C(F)(F)F. The molecule has 2 aliphatic heterocycles. The van der Waals surface area contributed by atoms with Gasteiger partial charge in [0.1, 0.15) is 12.1 Å². The molecule has 1 amide bonds. The molecule has 3 aliphatic rings. The molecule has 1 fully saturated rings. The maximum Gasteiger partial charge on any atom is 0.408 e. The van der Waals surface area contributed by atoms with Gasteiger partial charge in [-0.25, -0.2) is 0 Å². The molecule has 10 heteroatoms. The van der Waals surface area contributed by atoms with Gasteiger partial charge >= 0.3 is 6.18 Å². The number of benzene rings is 2. The van der Waals surface area contributed by atoms with Crippen molar-refractivity contribution < 1.29 is 27.9 Å². The average molecular weight is 506 g/mol. The smallest absolute Gasteiger partial charge is 0.382 e. The molecule has 1 N–H and O–H groups in total. The molecule has 0 radical (unpaired) electrons. The van der Waals surface area contributed by atoms with E-state index in [1.807, 2.05) is 30.3 Å². The molecule has 0 spiro atoms. The molecule has 2 aromatic carbocycles. The normalized spacial score (nSPS) is 25.6. The summed E-state index contributed by atoms with van der Waals surface area (Å²) in [4.78, 5) is 26.2. The predicted molar refractivity (Wildman–Crippen MR) is 122 cm³/mol. The Morgan fingerprint density at radius 3 is 2.51 bits per heavy atom. The lowest BCUT2D eigenvalue weighted by Gasteiger charge is -2.53. The third-order valence-corrected chi connectivity index (χ3v) is 7.43. The van der Waals surface area contributed by atoms with Crippen LogP contribution in [0.4, 0.5) is 13.2 Å². The first-order valence-electron chi connectivity index (χ1n) is 11.3. The lowest BCUT2D eigenvalue weighted by Crippen LogP contribution is -2.70. The van der Waals surface area contributed by atoms with E-state index in [0.29, 0.717) is 22.8 Å². The maximum absolute atomic E-state index is 13.8. The molecule has 0 aromatic heterocycles. The number of halogens is 4. The van der Waals surface area contributed by atoms with Crippen LogP contribution in [0.25, 0.3) is 0 Å². The minimum Gasteiger partial charge on any atom is -0.382 e. The van der Waals surface area contributed by atoms with E-state index in [2.05, 4.69) is 0 Å². The van der Waals surface area contributed by atoms with Crippen LogP contribution in [0.1, 0.15) is 35.2 Å². The van der Waals surface area contributed by atoms with Gasteiger partial charge in [-0.3, -0.25) is 14.6 Å². The Bertz CT molecular complexity index is 1220. The number of rotatable bonds is 2. The van der Waals surface area contributed by atoms with Crippen LogP contribution in [0.15, 0.2) is 54.7 Å². The van der Waals surface area contributed by atoms with E-state index >= 15 is 0 Å². The number of hydrogen-bond donors (Lipinski definition) is 1. The molecular formula is C25H23ClF3N3O3. The molecule has 5 rings (SSSR count). The number of carbonyl (C=O) groups is 2. The number of alkyl halides is 3. The minimum atomic E-state index is -4.69. The second-order valence-electron chi connectivity index (χ2n) is 9.00. The van der Waals surface area contributed by atoms with Crippen LogP contribution in [-0.2, 0) is 22.4 Å². The highest BCUT2D eigenvalue weighted by Crippen LogP contribution is 2.43. The van der Waals surface area contributed by atoms with Gasteiger partial charge in [-0.2, -0.15) is 18.2 Å². The zero-order chi connectivity index (χ0) is 25.1. The van der Waals surface area contributed by atoms with Crippen molar-refractivity contribution in [3.05, 3.63) is 82.0 Å². The van der Waals surface area contributed by atoms with Crippen LogP contribution in [0, 0.1) is 0 Å². The second-order valence-corrected chi connectivity index (χ2v) is 9.41. The number of hydrazine groups is 1. The van der Waals surface area contributed by atoms with E-state index in [9.17, 15) is 27.9 Å². The van der Waals surface area contributed by atoms with Crippen LogP contribution >= 0.6 is 11.6 Å². The van der Waals surface area contributed by atoms with Crippen LogP contribution in [0.2, 0.25) is 5.02 Å². The molecule has 1 aliphatic carbocycles. The molecule has 2 aromatic rings. The fourth-order valence-corrected chi connectivity index (χ4v) is 5.46. The molecule has 0 saturated carbocycles. The van der Waals surface area contributed by atoms with E-state index in [4.69, 9.17) is 11.6 Å². The summed E-state index contributed by atoms with van der Waals surface area (Å²) in [6, 6.07) is 8.84. The summed E-state index contributed by atoms with van der Waals surface area (Å²) >= 11 is 6.56. The predicted octanol–water partition coefficient (Wildman–Crippen LogP) is 3.62. The number of amides is 1. The van der Waals surface area contributed by atoms with Crippen LogP contribution < -0.4 is 0 Å². The highest BCUT2D eigenvalue weighted by atomic mass is 35.5. The molecular weight excluding hydrogens is 483 g/mol. The Hall–Kier alpha value is -2.88. The first-order chi connectivity index (χ1) is 16.6. The van der Waals surface area contributed by atoms with Crippen molar-refractivity contribution in [1.29, 1.82) is 0 Å². The number of aryl methyl sites for hydroxylation is 1. The van der Waals surface area contributed by atoms with Crippen molar-refractivity contribution in [2.24, 2.45) is 0 Å². The van der Waals surface area contributed by atoms with Gasteiger partial charge in [0.25, 0.3) is 5.91 Å². The molecule has 184 valence electrons. The molecule has 1 saturated heterocycles. The quantitative estimate of drug-likeness (QED) is 0.675. The number of hydrogen-bond acceptors (Lipinski definition) is 5. The Balaban J connectivity index is 1.71. The minimum absolute atomic E-state index is 0.397. The van der Waals surface area contributed by atoms with Crippen molar-refractivity contribution in [2.75, 3.05) is 6.67 Å². The third kappa shape index (κ3) is 3.91. The zero-order valence-electron chi connectivity index (χ0n) is 18.7. The van der Waals surface area contributed by atoms with Gasteiger partial charge < -0.3 is 10.0 Å². The van der Waals surface area contributed by atoms with Crippen molar-refractivity contribution in [3.63, 3.8) is 0 Å². The van der Waals surface area contributed by atoms with E-state index < -0.39 is 48.8 Å². The van der Waals surface area contributed by atoms with Crippen LogP contribution in [0.5, 0.6) is 0 Å². The molecule has 2 heterocycles. The highest BCUT2D eigenvalue weighted by Gasteiger charge is 2.53. The standard InChI is InChI=1S/C25H23ClF3N3O3/c1-14(25(27,28)29)30-13-32(31-12-11-20(33)23(34)22(31)24(30)35)21-16-6-3-2-5-15(16)9-10-17-18(21)7-4-8-19(17)26/h2-8,11-12,14,21-23,34H,9-10,13H2,1H3/t14-,21+,22?,23?/m1/s1. The lowest BCUT2D eigenvalue weighted by atomic mass is 9.92. The fraction of sp³-hybridized carbons (Fsp3) is 0.360. The van der Waals surface area contributed by atoms with Gasteiger partial charge in [0.05, 0.1) is 12.7 Å². The number of nitrogens with zero attached hydrogens (tertiary/aromatic N) is 3. The van der Waals surface area contributed by atoms with Crippen molar-refractivity contribution in [1.82, 2.24) is 14.9 Å². The molecule has 2 unspecified atom stereocenters. The van der Waals surface area contributed by atoms with Gasteiger partial charge in [0, 0.05) is 17.3 Å². The van der Waals surface area contributed by atoms with E-state index in [-0.39, 0.29) is 0 Å². The Morgan fingerprint density at radius 1 is 1.06 bits per heavy atom. The summed E-state index contributed by atoms with van der Waals surface area (Å²) in [5.74, 6) is -1.68. The molecule has 6 nitrogen and oxygen atoms in total. The summed E-state index contributed by atoms with van der Waals surface area (Å²) in [6.45, 7) is 0.511. The number of fused-ring (bicyclic) bond motifs is 3. The largest absolute Gasteiger partial charge is 0.408 e. The van der Waals surface area contributed by atoms with Crippen molar-refractivity contribution in [2.45, 2.75) is 50.2 Å². The van der Waals surface area contributed by atoms with Gasteiger partial charge in [-0.1, -0.05) is 48.0 Å². The number of carbonyl (C=O) groups excluding carboxylic acids is 2. The van der Waals surface area contributed by atoms with Gasteiger partial charge in [-0.05, 0) is 48.1 Å². The first-order valence-corrected chi connectivity index (χ1v) is 11.6. The van der Waals surface area contributed by atoms with Crippen molar-refractivity contribution in [3.8, 4) is 0 Å². The summed E-state index contributed by atoms with van der Waals surface area (Å²) in [6.07, 6.45) is -2.65. The summed E-state index contributed by atoms with van der Waals surface area (Å²) in [5, 5.41) is 14.2. The maximum atomic E-state index is 13.8. The fourth-order valence-electron chi connectivity index (χ4n) is 5.18. The van der Waals surface area contributed by atoms with Crippen molar-refractivity contribution >= 4 is 23.3 Å². The van der Waals surface area contributed by atoms with Crippen LogP contribution in [0.3, 0.4) is 0 Å². The number of ketones is 1. The van der Waals surface area contributed by atoms with Gasteiger partial charge in [-0.15, -0.1) is 0 Å². The summed E-state index contributed by atoms with van der Waals surface area (Å²) < 4.78 is 41.3. The Kier molecular flexibility index (Phi) is 5.89. The Labute approximate surface area is 205 Å². The monoisotopic (exact) mass is 505 g/mol. The number of aliphatic hydroxyl groups excluding tert-OH is 1. The van der Waals surface area contributed by atoms with E-state index in [0.717, 1.165) is 35.3 Å². The summed E-state index contributed by atoms with van der Waals surface area (Å²) in [5.41, 5.74) is 3.54. The van der Waals surface area contributed by atoms with Crippen LogP contribution in [-0.4, -0.2) is 62.7 Å². The molecule has 35 heavy (non-hydrogen) atoms. The van der Waals surface area contributed by atoms with Gasteiger partial charge in [0.2, 0.25) is 0 Å².